The number of esters is 1. The highest BCUT2D eigenvalue weighted by Gasteiger charge is 2.17. The van der Waals surface area contributed by atoms with Crippen LogP contribution in [0.4, 0.5) is 5.69 Å². The first kappa shape index (κ1) is 21.5. The van der Waals surface area contributed by atoms with Crippen LogP contribution in [0.1, 0.15) is 22.8 Å². The molecule has 152 valence electrons. The van der Waals surface area contributed by atoms with Gasteiger partial charge in [0.15, 0.2) is 17.6 Å². The highest BCUT2D eigenvalue weighted by atomic mass is 16.5. The van der Waals surface area contributed by atoms with Gasteiger partial charge in [0.2, 0.25) is 5.91 Å². The molecule has 0 heterocycles. The second-order valence-electron chi connectivity index (χ2n) is 5.96. The number of nitrogens with one attached hydrogen (secondary N) is 1. The molecule has 8 heteroatoms. The van der Waals surface area contributed by atoms with Crippen LogP contribution in [0.5, 0.6) is 11.5 Å². The van der Waals surface area contributed by atoms with Gasteiger partial charge in [-0.15, -0.1) is 0 Å². The van der Waals surface area contributed by atoms with Crippen LogP contribution in [0.3, 0.4) is 0 Å². The highest BCUT2D eigenvalue weighted by molar-refractivity contribution is 5.97. The van der Waals surface area contributed by atoms with E-state index < -0.39 is 23.9 Å². The third kappa shape index (κ3) is 6.10. The molecule has 0 spiro atoms. The molecule has 0 aliphatic rings. The SMILES string of the molecule is COc1ccc(/C=C/C(=O)O[C@@H](C)C(=O)Nc2ccc(C(N)=O)cc2)cc1OC. The van der Waals surface area contributed by atoms with Crippen LogP contribution in [-0.4, -0.2) is 38.1 Å². The third-order valence-corrected chi connectivity index (χ3v) is 3.92. The van der Waals surface area contributed by atoms with Crippen molar-refractivity contribution in [2.75, 3.05) is 19.5 Å². The summed E-state index contributed by atoms with van der Waals surface area (Å²) < 4.78 is 15.5. The average molecular weight is 398 g/mol. The summed E-state index contributed by atoms with van der Waals surface area (Å²) in [6, 6.07) is 11.2. The third-order valence-electron chi connectivity index (χ3n) is 3.92. The van der Waals surface area contributed by atoms with Crippen LogP contribution < -0.4 is 20.5 Å². The van der Waals surface area contributed by atoms with E-state index in [0.29, 0.717) is 28.3 Å². The van der Waals surface area contributed by atoms with Gasteiger partial charge in [-0.2, -0.15) is 0 Å². The Kier molecular flexibility index (Phi) is 7.36. The van der Waals surface area contributed by atoms with Crippen molar-refractivity contribution < 1.29 is 28.6 Å². The van der Waals surface area contributed by atoms with E-state index in [1.54, 1.807) is 18.2 Å². The molecule has 0 aliphatic carbocycles. The fourth-order valence-corrected chi connectivity index (χ4v) is 2.35. The first-order chi connectivity index (χ1) is 13.8. The van der Waals surface area contributed by atoms with Crippen molar-refractivity contribution in [3.05, 3.63) is 59.7 Å². The van der Waals surface area contributed by atoms with Gasteiger partial charge in [0, 0.05) is 17.3 Å². The number of hydrogen-bond acceptors (Lipinski definition) is 6. The minimum atomic E-state index is -1.02. The zero-order chi connectivity index (χ0) is 21.4. The number of methoxy groups -OCH3 is 2. The molecule has 0 saturated carbocycles. The molecular weight excluding hydrogens is 376 g/mol. The summed E-state index contributed by atoms with van der Waals surface area (Å²) in [5.41, 5.74) is 6.64. The maximum Gasteiger partial charge on any atom is 0.331 e. The molecule has 8 nitrogen and oxygen atoms in total. The van der Waals surface area contributed by atoms with Crippen molar-refractivity contribution in [1.29, 1.82) is 0 Å². The van der Waals surface area contributed by atoms with Crippen LogP contribution in [0, 0.1) is 0 Å². The molecule has 0 fully saturated rings. The maximum atomic E-state index is 12.2. The van der Waals surface area contributed by atoms with Crippen molar-refractivity contribution in [3.63, 3.8) is 0 Å². The quantitative estimate of drug-likeness (QED) is 0.521. The molecule has 0 unspecified atom stereocenters. The van der Waals surface area contributed by atoms with Gasteiger partial charge in [0.25, 0.3) is 5.91 Å². The standard InChI is InChI=1S/C21H22N2O6/c1-13(21(26)23-16-8-6-15(7-9-16)20(22)25)29-19(24)11-5-14-4-10-17(27-2)18(12-14)28-3/h4-13H,1-3H3,(H2,22,25)(H,23,26)/b11-5+/t13-/m0/s1. The van der Waals surface area contributed by atoms with Crippen molar-refractivity contribution in [1.82, 2.24) is 0 Å². The lowest BCUT2D eigenvalue weighted by atomic mass is 10.2. The first-order valence-corrected chi connectivity index (χ1v) is 8.65. The Labute approximate surface area is 168 Å². The van der Waals surface area contributed by atoms with Gasteiger partial charge in [0.05, 0.1) is 14.2 Å². The van der Waals surface area contributed by atoms with Gasteiger partial charge in [-0.1, -0.05) is 6.07 Å². The number of rotatable bonds is 8. The van der Waals surface area contributed by atoms with Crippen LogP contribution in [0.2, 0.25) is 0 Å². The molecule has 1 atom stereocenters. The minimum Gasteiger partial charge on any atom is -0.493 e. The molecule has 0 bridgehead atoms. The van der Waals surface area contributed by atoms with E-state index in [4.69, 9.17) is 19.9 Å². The molecule has 0 aliphatic heterocycles. The number of hydrogen-bond donors (Lipinski definition) is 2. The van der Waals surface area contributed by atoms with Gasteiger partial charge in [-0.05, 0) is 55.0 Å². The molecule has 2 amide bonds. The summed E-state index contributed by atoms with van der Waals surface area (Å²) in [6.45, 7) is 1.45. The molecular formula is C21H22N2O6. The summed E-state index contributed by atoms with van der Waals surface area (Å²) in [6.07, 6.45) is 1.73. The summed E-state index contributed by atoms with van der Waals surface area (Å²) in [7, 11) is 3.05. The van der Waals surface area contributed by atoms with E-state index >= 15 is 0 Å². The van der Waals surface area contributed by atoms with E-state index in [9.17, 15) is 14.4 Å². The minimum absolute atomic E-state index is 0.322. The Morgan fingerprint density at radius 1 is 1.00 bits per heavy atom. The number of ether oxygens (including phenoxy) is 3. The normalized spacial score (nSPS) is 11.6. The van der Waals surface area contributed by atoms with Gasteiger partial charge in [-0.25, -0.2) is 4.79 Å². The Hall–Kier alpha value is -3.81. The zero-order valence-corrected chi connectivity index (χ0v) is 16.3. The van der Waals surface area contributed by atoms with E-state index in [-0.39, 0.29) is 0 Å². The molecule has 0 saturated heterocycles. The largest absolute Gasteiger partial charge is 0.493 e. The van der Waals surface area contributed by atoms with Crippen molar-refractivity contribution in [2.24, 2.45) is 5.73 Å². The van der Waals surface area contributed by atoms with Crippen molar-refractivity contribution in [2.45, 2.75) is 13.0 Å². The summed E-state index contributed by atoms with van der Waals surface area (Å²) >= 11 is 0. The Bertz CT molecular complexity index is 921. The monoisotopic (exact) mass is 398 g/mol. The molecule has 2 aromatic rings. The van der Waals surface area contributed by atoms with Gasteiger partial charge in [0.1, 0.15) is 0 Å². The van der Waals surface area contributed by atoms with Crippen LogP contribution >= 0.6 is 0 Å². The summed E-state index contributed by atoms with van der Waals surface area (Å²) in [5, 5.41) is 2.59. The van der Waals surface area contributed by atoms with Crippen molar-refractivity contribution >= 4 is 29.5 Å². The maximum absolute atomic E-state index is 12.2. The van der Waals surface area contributed by atoms with Crippen LogP contribution in [-0.2, 0) is 14.3 Å². The number of anilines is 1. The number of benzene rings is 2. The Morgan fingerprint density at radius 2 is 1.66 bits per heavy atom. The number of nitrogens with two attached hydrogens (primary N) is 1. The molecule has 2 rings (SSSR count). The number of amides is 2. The second-order valence-corrected chi connectivity index (χ2v) is 5.96. The summed E-state index contributed by atoms with van der Waals surface area (Å²) in [5.74, 6) is -0.651. The summed E-state index contributed by atoms with van der Waals surface area (Å²) in [4.78, 5) is 35.2. The average Bonchev–Trinajstić information content (AvgIpc) is 2.72. The van der Waals surface area contributed by atoms with Crippen LogP contribution in [0.15, 0.2) is 48.5 Å². The van der Waals surface area contributed by atoms with E-state index in [1.807, 2.05) is 0 Å². The van der Waals surface area contributed by atoms with Gasteiger partial charge in [-0.3, -0.25) is 9.59 Å². The van der Waals surface area contributed by atoms with Gasteiger partial charge >= 0.3 is 5.97 Å². The van der Waals surface area contributed by atoms with Gasteiger partial charge < -0.3 is 25.3 Å². The zero-order valence-electron chi connectivity index (χ0n) is 16.3. The Balaban J connectivity index is 1.93. The first-order valence-electron chi connectivity index (χ1n) is 8.65. The van der Waals surface area contributed by atoms with E-state index in [0.717, 1.165) is 0 Å². The number of carbonyl (C=O) groups excluding carboxylic acids is 3. The highest BCUT2D eigenvalue weighted by Crippen LogP contribution is 2.27. The number of primary amides is 1. The topological polar surface area (TPSA) is 117 Å². The fourth-order valence-electron chi connectivity index (χ4n) is 2.35. The second kappa shape index (κ2) is 9.93. The number of carbonyl (C=O) groups is 3. The fraction of sp³-hybridized carbons (Fsp3) is 0.190. The lowest BCUT2D eigenvalue weighted by molar-refractivity contribution is -0.148. The Morgan fingerprint density at radius 3 is 2.24 bits per heavy atom. The molecule has 29 heavy (non-hydrogen) atoms. The molecule has 0 aromatic heterocycles. The van der Waals surface area contributed by atoms with Crippen molar-refractivity contribution in [3.8, 4) is 11.5 Å². The predicted molar refractivity (Wildman–Crippen MR) is 108 cm³/mol. The van der Waals surface area contributed by atoms with E-state index in [2.05, 4.69) is 5.32 Å². The predicted octanol–water partition coefficient (Wildman–Crippen LogP) is 2.39. The van der Waals surface area contributed by atoms with E-state index in [1.165, 1.54) is 57.6 Å². The van der Waals surface area contributed by atoms with Crippen LogP contribution in [0.25, 0.3) is 6.08 Å². The molecule has 2 aromatic carbocycles. The lowest BCUT2D eigenvalue weighted by Crippen LogP contribution is -2.29. The lowest BCUT2D eigenvalue weighted by Gasteiger charge is -2.12. The molecule has 3 N–H and O–H groups in total. The smallest absolute Gasteiger partial charge is 0.331 e. The molecule has 0 radical (unpaired) electrons.